The van der Waals surface area contributed by atoms with Crippen molar-refractivity contribution in [2.45, 2.75) is 26.7 Å². The zero-order valence-electron chi connectivity index (χ0n) is 6.80. The predicted molar refractivity (Wildman–Crippen MR) is 41.0 cm³/mol. The Morgan fingerprint density at radius 3 is 2.60 bits per heavy atom. The minimum atomic E-state index is 0.526. The van der Waals surface area contributed by atoms with Gasteiger partial charge in [0.25, 0.3) is 0 Å². The summed E-state index contributed by atoms with van der Waals surface area (Å²) in [5, 5.41) is 0. The van der Waals surface area contributed by atoms with Crippen molar-refractivity contribution in [1.82, 2.24) is 0 Å². The molecule has 0 amide bonds. The van der Waals surface area contributed by atoms with E-state index in [4.69, 9.17) is 4.74 Å². The normalized spacial score (nSPS) is 10.3. The summed E-state index contributed by atoms with van der Waals surface area (Å²) >= 11 is 0. The molecule has 0 saturated heterocycles. The maximum absolute atomic E-state index is 9.82. The highest BCUT2D eigenvalue weighted by atomic mass is 16.5. The Balaban J connectivity index is 2.83. The molecular formula is C8H16O2. The zero-order chi connectivity index (χ0) is 7.82. The van der Waals surface area contributed by atoms with Crippen LogP contribution < -0.4 is 0 Å². The first-order valence-corrected chi connectivity index (χ1v) is 3.78. The molecule has 0 N–H and O–H groups in total. The van der Waals surface area contributed by atoms with E-state index >= 15 is 0 Å². The van der Waals surface area contributed by atoms with Crippen LogP contribution in [-0.2, 0) is 9.53 Å². The van der Waals surface area contributed by atoms with Crippen molar-refractivity contribution < 1.29 is 9.53 Å². The van der Waals surface area contributed by atoms with Crippen LogP contribution in [0.15, 0.2) is 0 Å². The third-order valence-corrected chi connectivity index (χ3v) is 1.22. The fourth-order valence-corrected chi connectivity index (χ4v) is 0.553. The molecule has 0 aliphatic carbocycles. The van der Waals surface area contributed by atoms with Crippen molar-refractivity contribution in [3.8, 4) is 0 Å². The molecule has 0 rings (SSSR count). The molecular weight excluding hydrogens is 128 g/mol. The van der Waals surface area contributed by atoms with Gasteiger partial charge in [0.15, 0.2) is 0 Å². The van der Waals surface area contributed by atoms with Crippen LogP contribution in [0.1, 0.15) is 26.7 Å². The van der Waals surface area contributed by atoms with Crippen LogP contribution in [0.3, 0.4) is 0 Å². The second kappa shape index (κ2) is 6.75. The predicted octanol–water partition coefficient (Wildman–Crippen LogP) is 1.64. The molecule has 10 heavy (non-hydrogen) atoms. The first kappa shape index (κ1) is 9.63. The van der Waals surface area contributed by atoms with Gasteiger partial charge in [0, 0.05) is 13.0 Å². The molecule has 2 nitrogen and oxygen atoms in total. The smallest absolute Gasteiger partial charge is 0.122 e. The number of carbonyl (C=O) groups is 1. The van der Waals surface area contributed by atoms with Gasteiger partial charge in [-0.05, 0) is 12.3 Å². The lowest BCUT2D eigenvalue weighted by Gasteiger charge is -2.03. The molecule has 2 heteroatoms. The fourth-order valence-electron chi connectivity index (χ4n) is 0.553. The highest BCUT2D eigenvalue weighted by Crippen LogP contribution is 1.98. The molecule has 0 spiro atoms. The Kier molecular flexibility index (Phi) is 6.50. The van der Waals surface area contributed by atoms with E-state index in [0.29, 0.717) is 18.9 Å². The average molecular weight is 144 g/mol. The van der Waals surface area contributed by atoms with Crippen molar-refractivity contribution in [3.05, 3.63) is 0 Å². The van der Waals surface area contributed by atoms with E-state index in [1.54, 1.807) is 0 Å². The molecule has 0 aromatic rings. The van der Waals surface area contributed by atoms with E-state index in [1.165, 1.54) is 0 Å². The van der Waals surface area contributed by atoms with Crippen LogP contribution in [-0.4, -0.2) is 19.5 Å². The number of hydrogen-bond acceptors (Lipinski definition) is 2. The largest absolute Gasteiger partial charge is 0.381 e. The Labute approximate surface area is 62.6 Å². The molecule has 0 aromatic carbocycles. The summed E-state index contributed by atoms with van der Waals surface area (Å²) < 4.78 is 5.15. The van der Waals surface area contributed by atoms with E-state index in [9.17, 15) is 4.79 Å². The minimum absolute atomic E-state index is 0.526. The lowest BCUT2D eigenvalue weighted by Crippen LogP contribution is -2.00. The molecule has 0 fully saturated rings. The maximum atomic E-state index is 9.82. The van der Waals surface area contributed by atoms with Gasteiger partial charge >= 0.3 is 0 Å². The SMILES string of the molecule is CC(C)CCOCCC=O. The van der Waals surface area contributed by atoms with Crippen molar-refractivity contribution in [2.75, 3.05) is 13.2 Å². The summed E-state index contributed by atoms with van der Waals surface area (Å²) in [5.41, 5.74) is 0. The highest BCUT2D eigenvalue weighted by molar-refractivity contribution is 5.49. The number of aldehydes is 1. The third kappa shape index (κ3) is 7.63. The molecule has 0 aromatic heterocycles. The van der Waals surface area contributed by atoms with Gasteiger partial charge in [-0.15, -0.1) is 0 Å². The molecule has 0 aliphatic heterocycles. The standard InChI is InChI=1S/C8H16O2/c1-8(2)4-7-10-6-3-5-9/h5,8H,3-4,6-7H2,1-2H3. The van der Waals surface area contributed by atoms with E-state index in [2.05, 4.69) is 13.8 Å². The van der Waals surface area contributed by atoms with Gasteiger partial charge in [0.05, 0.1) is 6.61 Å². The number of hydrogen-bond donors (Lipinski definition) is 0. The number of rotatable bonds is 6. The number of ether oxygens (including phenoxy) is 1. The lowest BCUT2D eigenvalue weighted by molar-refractivity contribution is -0.108. The van der Waals surface area contributed by atoms with E-state index in [-0.39, 0.29) is 0 Å². The fraction of sp³-hybridized carbons (Fsp3) is 0.875. The lowest BCUT2D eigenvalue weighted by atomic mass is 10.1. The Hall–Kier alpha value is -0.370. The maximum Gasteiger partial charge on any atom is 0.122 e. The summed E-state index contributed by atoms with van der Waals surface area (Å²) in [5.74, 6) is 0.691. The Morgan fingerprint density at radius 2 is 2.10 bits per heavy atom. The van der Waals surface area contributed by atoms with E-state index in [0.717, 1.165) is 19.3 Å². The third-order valence-electron chi connectivity index (χ3n) is 1.22. The van der Waals surface area contributed by atoms with Crippen LogP contribution in [0.5, 0.6) is 0 Å². The van der Waals surface area contributed by atoms with E-state index < -0.39 is 0 Å². The van der Waals surface area contributed by atoms with Crippen molar-refractivity contribution in [3.63, 3.8) is 0 Å². The van der Waals surface area contributed by atoms with Crippen LogP contribution in [0, 0.1) is 5.92 Å². The molecule has 0 unspecified atom stereocenters. The van der Waals surface area contributed by atoms with Crippen LogP contribution >= 0.6 is 0 Å². The second-order valence-corrected chi connectivity index (χ2v) is 2.75. The molecule has 60 valence electrons. The van der Waals surface area contributed by atoms with Crippen molar-refractivity contribution in [1.29, 1.82) is 0 Å². The quantitative estimate of drug-likeness (QED) is 0.418. The van der Waals surface area contributed by atoms with Gasteiger partial charge in [0.2, 0.25) is 0 Å². The van der Waals surface area contributed by atoms with Crippen LogP contribution in [0.2, 0.25) is 0 Å². The molecule has 0 radical (unpaired) electrons. The average Bonchev–Trinajstić information content (AvgIpc) is 1.87. The molecule has 0 heterocycles. The first-order chi connectivity index (χ1) is 4.77. The number of carbonyl (C=O) groups excluding carboxylic acids is 1. The summed E-state index contributed by atoms with van der Waals surface area (Å²) in [4.78, 5) is 9.82. The molecule has 0 atom stereocenters. The Bertz CT molecular complexity index is 79.3. The van der Waals surface area contributed by atoms with Crippen molar-refractivity contribution in [2.24, 2.45) is 5.92 Å². The molecule has 0 saturated carbocycles. The van der Waals surface area contributed by atoms with Crippen LogP contribution in [0.4, 0.5) is 0 Å². The first-order valence-electron chi connectivity index (χ1n) is 3.78. The topological polar surface area (TPSA) is 26.3 Å². The van der Waals surface area contributed by atoms with Crippen molar-refractivity contribution >= 4 is 6.29 Å². The molecule has 0 bridgehead atoms. The minimum Gasteiger partial charge on any atom is -0.381 e. The molecule has 0 aliphatic rings. The van der Waals surface area contributed by atoms with Gasteiger partial charge in [-0.3, -0.25) is 0 Å². The summed E-state index contributed by atoms with van der Waals surface area (Å²) in [6.07, 6.45) is 2.49. The Morgan fingerprint density at radius 1 is 1.40 bits per heavy atom. The highest BCUT2D eigenvalue weighted by Gasteiger charge is 1.92. The van der Waals surface area contributed by atoms with E-state index in [1.807, 2.05) is 0 Å². The van der Waals surface area contributed by atoms with Gasteiger partial charge in [0.1, 0.15) is 6.29 Å². The summed E-state index contributed by atoms with van der Waals surface area (Å²) in [7, 11) is 0. The monoisotopic (exact) mass is 144 g/mol. The second-order valence-electron chi connectivity index (χ2n) is 2.75. The van der Waals surface area contributed by atoms with Crippen LogP contribution in [0.25, 0.3) is 0 Å². The van der Waals surface area contributed by atoms with Gasteiger partial charge in [-0.2, -0.15) is 0 Å². The van der Waals surface area contributed by atoms with Gasteiger partial charge in [-0.25, -0.2) is 0 Å². The van der Waals surface area contributed by atoms with Gasteiger partial charge < -0.3 is 9.53 Å². The summed E-state index contributed by atoms with van der Waals surface area (Å²) in [6.45, 7) is 5.67. The zero-order valence-corrected chi connectivity index (χ0v) is 6.80. The summed E-state index contributed by atoms with van der Waals surface area (Å²) in [6, 6.07) is 0. The van der Waals surface area contributed by atoms with Gasteiger partial charge in [-0.1, -0.05) is 13.8 Å².